The van der Waals surface area contributed by atoms with E-state index in [4.69, 9.17) is 14.7 Å². The van der Waals surface area contributed by atoms with Crippen molar-refractivity contribution in [1.82, 2.24) is 0 Å². The van der Waals surface area contributed by atoms with Gasteiger partial charge in [0, 0.05) is 6.42 Å². The van der Waals surface area contributed by atoms with E-state index in [-0.39, 0.29) is 6.10 Å². The molecule has 3 nitrogen and oxygen atoms in total. The first kappa shape index (κ1) is 16.9. The molecule has 23 heavy (non-hydrogen) atoms. The average Bonchev–Trinajstić information content (AvgIpc) is 2.60. The van der Waals surface area contributed by atoms with Crippen LogP contribution in [0.5, 0.6) is 11.5 Å². The van der Waals surface area contributed by atoms with Crippen molar-refractivity contribution >= 4 is 0 Å². The standard InChI is InChI=1S/C20H23NO2/c1-3-16(2)23-19-12-11-17(10-7-13-21)14-20(19)22-15-18-8-5-4-6-9-18/h4-6,8-9,11-12,14,16H,3,7,10,15H2,1-2H3. The minimum atomic E-state index is 0.138. The van der Waals surface area contributed by atoms with Crippen LogP contribution in [-0.2, 0) is 13.0 Å². The normalized spacial score (nSPS) is 11.5. The minimum Gasteiger partial charge on any atom is -0.487 e. The lowest BCUT2D eigenvalue weighted by Gasteiger charge is -2.17. The molecule has 0 bridgehead atoms. The summed E-state index contributed by atoms with van der Waals surface area (Å²) in [5, 5.41) is 8.75. The topological polar surface area (TPSA) is 42.2 Å². The zero-order chi connectivity index (χ0) is 16.5. The molecule has 0 amide bonds. The first-order valence-electron chi connectivity index (χ1n) is 8.06. The molecule has 0 aliphatic heterocycles. The third-order valence-electron chi connectivity index (χ3n) is 3.67. The highest BCUT2D eigenvalue weighted by atomic mass is 16.5. The lowest BCUT2D eigenvalue weighted by atomic mass is 10.1. The van der Waals surface area contributed by atoms with Crippen LogP contribution in [0.4, 0.5) is 0 Å². The van der Waals surface area contributed by atoms with Crippen molar-refractivity contribution < 1.29 is 9.47 Å². The van der Waals surface area contributed by atoms with Gasteiger partial charge < -0.3 is 9.47 Å². The van der Waals surface area contributed by atoms with E-state index >= 15 is 0 Å². The molecule has 0 spiro atoms. The Hall–Kier alpha value is -2.47. The Morgan fingerprint density at radius 3 is 2.52 bits per heavy atom. The number of hydrogen-bond donors (Lipinski definition) is 0. The van der Waals surface area contributed by atoms with Gasteiger partial charge in [0.2, 0.25) is 0 Å². The Bertz CT molecular complexity index is 646. The minimum absolute atomic E-state index is 0.138. The molecule has 0 aliphatic rings. The smallest absolute Gasteiger partial charge is 0.161 e. The Labute approximate surface area is 138 Å². The number of aryl methyl sites for hydroxylation is 1. The van der Waals surface area contributed by atoms with Gasteiger partial charge in [0.15, 0.2) is 11.5 Å². The second kappa shape index (κ2) is 8.85. The van der Waals surface area contributed by atoms with Crippen molar-refractivity contribution in [2.75, 3.05) is 0 Å². The average molecular weight is 309 g/mol. The van der Waals surface area contributed by atoms with E-state index in [1.807, 2.05) is 55.5 Å². The molecule has 1 atom stereocenters. The maximum atomic E-state index is 8.75. The number of nitriles is 1. The molecule has 0 radical (unpaired) electrons. The fourth-order valence-corrected chi connectivity index (χ4v) is 2.15. The summed E-state index contributed by atoms with van der Waals surface area (Å²) in [6.45, 7) is 4.64. The molecule has 3 heteroatoms. The van der Waals surface area contributed by atoms with Crippen LogP contribution < -0.4 is 9.47 Å². The van der Waals surface area contributed by atoms with E-state index in [9.17, 15) is 0 Å². The van der Waals surface area contributed by atoms with Gasteiger partial charge in [0.25, 0.3) is 0 Å². The van der Waals surface area contributed by atoms with Gasteiger partial charge in [-0.2, -0.15) is 5.26 Å². The molecule has 0 N–H and O–H groups in total. The molecular formula is C20H23NO2. The summed E-state index contributed by atoms with van der Waals surface area (Å²) in [7, 11) is 0. The third-order valence-corrected chi connectivity index (χ3v) is 3.67. The molecule has 0 aliphatic carbocycles. The molecule has 120 valence electrons. The molecule has 0 aromatic heterocycles. The molecule has 2 aromatic carbocycles. The van der Waals surface area contributed by atoms with Crippen LogP contribution in [-0.4, -0.2) is 6.10 Å². The van der Waals surface area contributed by atoms with Crippen LogP contribution in [0.2, 0.25) is 0 Å². The van der Waals surface area contributed by atoms with Crippen molar-refractivity contribution in [1.29, 1.82) is 5.26 Å². The van der Waals surface area contributed by atoms with E-state index in [1.54, 1.807) is 0 Å². The van der Waals surface area contributed by atoms with Gasteiger partial charge >= 0.3 is 0 Å². The third kappa shape index (κ3) is 5.34. The predicted octanol–water partition coefficient (Wildman–Crippen LogP) is 4.90. The van der Waals surface area contributed by atoms with Gasteiger partial charge in [-0.15, -0.1) is 0 Å². The number of ether oxygens (including phenoxy) is 2. The van der Waals surface area contributed by atoms with Crippen molar-refractivity contribution in [3.05, 3.63) is 59.7 Å². The van der Waals surface area contributed by atoms with E-state index in [1.165, 1.54) is 0 Å². The van der Waals surface area contributed by atoms with Crippen molar-refractivity contribution in [2.24, 2.45) is 0 Å². The SMILES string of the molecule is CCC(C)Oc1ccc(CCC#N)cc1OCc1ccccc1. The van der Waals surface area contributed by atoms with Gasteiger partial charge in [-0.1, -0.05) is 43.3 Å². The molecule has 0 heterocycles. The van der Waals surface area contributed by atoms with Gasteiger partial charge in [-0.25, -0.2) is 0 Å². The maximum absolute atomic E-state index is 8.75. The molecule has 2 aromatic rings. The van der Waals surface area contributed by atoms with Gasteiger partial charge in [0.1, 0.15) is 6.61 Å². The van der Waals surface area contributed by atoms with Crippen molar-refractivity contribution in [2.45, 2.75) is 45.8 Å². The molecule has 1 unspecified atom stereocenters. The molecule has 0 saturated carbocycles. The van der Waals surface area contributed by atoms with Crippen LogP contribution in [0.1, 0.15) is 37.8 Å². The summed E-state index contributed by atoms with van der Waals surface area (Å²) in [5.41, 5.74) is 2.20. The van der Waals surface area contributed by atoms with Crippen LogP contribution in [0.3, 0.4) is 0 Å². The number of hydrogen-bond acceptors (Lipinski definition) is 3. The van der Waals surface area contributed by atoms with Crippen LogP contribution in [0, 0.1) is 11.3 Å². The van der Waals surface area contributed by atoms with Gasteiger partial charge in [-0.05, 0) is 43.0 Å². The van der Waals surface area contributed by atoms with E-state index < -0.39 is 0 Å². The number of nitrogens with zero attached hydrogens (tertiary/aromatic N) is 1. The Morgan fingerprint density at radius 2 is 1.83 bits per heavy atom. The lowest BCUT2D eigenvalue weighted by molar-refractivity contribution is 0.199. The lowest BCUT2D eigenvalue weighted by Crippen LogP contribution is -2.11. The predicted molar refractivity (Wildman–Crippen MR) is 91.5 cm³/mol. The quantitative estimate of drug-likeness (QED) is 0.696. The Kier molecular flexibility index (Phi) is 6.50. The summed E-state index contributed by atoms with van der Waals surface area (Å²) in [5.74, 6) is 1.50. The number of rotatable bonds is 8. The zero-order valence-electron chi connectivity index (χ0n) is 13.8. The molecule has 0 saturated heterocycles. The van der Waals surface area contributed by atoms with Crippen molar-refractivity contribution in [3.63, 3.8) is 0 Å². The first-order valence-corrected chi connectivity index (χ1v) is 8.06. The fourth-order valence-electron chi connectivity index (χ4n) is 2.15. The zero-order valence-corrected chi connectivity index (χ0v) is 13.8. The first-order chi connectivity index (χ1) is 11.2. The molecule has 0 fully saturated rings. The Morgan fingerprint density at radius 1 is 1.04 bits per heavy atom. The number of benzene rings is 2. The monoisotopic (exact) mass is 309 g/mol. The summed E-state index contributed by atoms with van der Waals surface area (Å²) >= 11 is 0. The summed E-state index contributed by atoms with van der Waals surface area (Å²) in [6, 6.07) is 18.2. The second-order valence-corrected chi connectivity index (χ2v) is 5.55. The summed E-state index contributed by atoms with van der Waals surface area (Å²) in [6.07, 6.45) is 2.30. The summed E-state index contributed by atoms with van der Waals surface area (Å²) in [4.78, 5) is 0. The maximum Gasteiger partial charge on any atom is 0.161 e. The van der Waals surface area contributed by atoms with Gasteiger partial charge in [0.05, 0.1) is 12.2 Å². The van der Waals surface area contributed by atoms with Gasteiger partial charge in [-0.3, -0.25) is 0 Å². The highest BCUT2D eigenvalue weighted by Gasteiger charge is 2.10. The second-order valence-electron chi connectivity index (χ2n) is 5.55. The molecule has 2 rings (SSSR count). The van der Waals surface area contributed by atoms with Crippen molar-refractivity contribution in [3.8, 4) is 17.6 Å². The van der Waals surface area contributed by atoms with E-state index in [2.05, 4.69) is 13.0 Å². The fraction of sp³-hybridized carbons (Fsp3) is 0.350. The highest BCUT2D eigenvalue weighted by Crippen LogP contribution is 2.31. The van der Waals surface area contributed by atoms with Crippen LogP contribution in [0.15, 0.2) is 48.5 Å². The Balaban J connectivity index is 2.15. The highest BCUT2D eigenvalue weighted by molar-refractivity contribution is 5.43. The van der Waals surface area contributed by atoms with E-state index in [0.717, 1.165) is 35.5 Å². The molecular weight excluding hydrogens is 286 g/mol. The van der Waals surface area contributed by atoms with Crippen LogP contribution >= 0.6 is 0 Å². The summed E-state index contributed by atoms with van der Waals surface area (Å²) < 4.78 is 11.9. The van der Waals surface area contributed by atoms with E-state index in [0.29, 0.717) is 13.0 Å². The largest absolute Gasteiger partial charge is 0.487 e. The van der Waals surface area contributed by atoms with Crippen LogP contribution in [0.25, 0.3) is 0 Å².